The molecular formula is C58H106O22. The molecule has 80 heavy (non-hydrogen) atoms. The highest BCUT2D eigenvalue weighted by atomic mass is 16.8. The van der Waals surface area contributed by atoms with E-state index in [0.717, 1.165) is 128 Å². The van der Waals surface area contributed by atoms with Crippen LogP contribution >= 0.6 is 0 Å². The Labute approximate surface area is 475 Å². The number of aliphatic hydroxyl groups is 8. The van der Waals surface area contributed by atoms with E-state index in [9.17, 15) is 70.2 Å². The van der Waals surface area contributed by atoms with Gasteiger partial charge in [0.15, 0.2) is 18.9 Å². The second-order valence-corrected chi connectivity index (χ2v) is 22.3. The van der Waals surface area contributed by atoms with Crippen molar-refractivity contribution in [1.29, 1.82) is 0 Å². The Hall–Kier alpha value is -2.68. The van der Waals surface area contributed by atoms with E-state index >= 15 is 0 Å². The standard InChI is InChI=1S/C32H58O13.C26H48O9/c1-5-7-9-11-13-15-21(17-23(33)34)43-24(35)18-22(16-14-12-10-8-6-2)44-32-30(28(39)26(37)20(4)42-32)45-31-29(40)27(38)25(36)19(3)41-31;1-4-6-8-10-12-14-19(16-21(27)28)34-22(29)17-20(15-13-11-9-7-5-2)35-26-25(32)24(31)23(30)18(3)33-26/h19-22,25-32,36-40H,5-18H2,1-4H3,(H,33,34);18-20,23-26,30-32H,4-17H2,1-3H3,(H,27,28)/t19-,20-,21?,22?,25-,26-,27+,28+,29+,30+,31-,32-;18-,19?,20?,23-,24+,25+,26-/m00/s1. The van der Waals surface area contributed by atoms with Crippen LogP contribution in [-0.2, 0) is 57.1 Å². The summed E-state index contributed by atoms with van der Waals surface area (Å²) in [6.45, 7) is 13.1. The average Bonchev–Trinajstić information content (AvgIpc) is 3.40. The van der Waals surface area contributed by atoms with Gasteiger partial charge in [0.05, 0.1) is 56.2 Å². The Morgan fingerprint density at radius 1 is 0.362 bits per heavy atom. The van der Waals surface area contributed by atoms with Gasteiger partial charge in [-0.15, -0.1) is 0 Å². The predicted molar refractivity (Wildman–Crippen MR) is 293 cm³/mol. The van der Waals surface area contributed by atoms with E-state index in [4.69, 9.17) is 37.9 Å². The highest BCUT2D eigenvalue weighted by molar-refractivity contribution is 5.72. The Balaban J connectivity index is 0.000000565. The second kappa shape index (κ2) is 41.4. The molecule has 22 heteroatoms. The average molecular weight is 1160 g/mol. The van der Waals surface area contributed by atoms with E-state index in [0.29, 0.717) is 25.7 Å². The lowest BCUT2D eigenvalue weighted by Gasteiger charge is -2.46. The fourth-order valence-corrected chi connectivity index (χ4v) is 10.0. The van der Waals surface area contributed by atoms with Crippen LogP contribution in [0.2, 0.25) is 0 Å². The SMILES string of the molecule is CCCCCCCC(CC(=O)O)OC(=O)CC(CCCCCCC)O[C@@H]1O[C@@H](C)[C@H](O)[C@@H](O)[C@H]1O.CCCCCCCC(CC(=O)O)OC(=O)CC(CCCCCCC)O[C@@H]1O[C@@H](C)[C@H](O)[C@@H](O)[C@H]1O[C@@H]1O[C@@H](C)[C@H](O)[C@@H](O)[C@H]1O. The quantitative estimate of drug-likeness (QED) is 0.0239. The molecule has 0 amide bonds. The van der Waals surface area contributed by atoms with Crippen molar-refractivity contribution in [2.45, 2.75) is 345 Å². The third-order valence-corrected chi connectivity index (χ3v) is 15.1. The molecule has 3 aliphatic rings. The van der Waals surface area contributed by atoms with Gasteiger partial charge in [-0.3, -0.25) is 19.2 Å². The van der Waals surface area contributed by atoms with E-state index in [2.05, 4.69) is 27.7 Å². The van der Waals surface area contributed by atoms with Crippen LogP contribution in [0.4, 0.5) is 0 Å². The Bertz CT molecular complexity index is 1660. The third-order valence-electron chi connectivity index (χ3n) is 15.1. The molecule has 3 heterocycles. The van der Waals surface area contributed by atoms with Gasteiger partial charge in [-0.05, 0) is 59.3 Å². The summed E-state index contributed by atoms with van der Waals surface area (Å²) in [5.74, 6) is -3.24. The topological polar surface area (TPSA) is 344 Å². The Kier molecular flexibility index (Phi) is 38.0. The van der Waals surface area contributed by atoms with Crippen LogP contribution in [0, 0.1) is 0 Å². The molecule has 470 valence electrons. The first-order chi connectivity index (χ1) is 38.1. The molecule has 0 spiro atoms. The maximum Gasteiger partial charge on any atom is 0.308 e. The molecule has 3 saturated heterocycles. The number of rotatable bonds is 40. The lowest BCUT2D eigenvalue weighted by atomic mass is 9.97. The molecular weight excluding hydrogens is 1050 g/mol. The summed E-state index contributed by atoms with van der Waals surface area (Å²) in [5, 5.41) is 101. The van der Waals surface area contributed by atoms with Crippen LogP contribution in [-0.4, -0.2) is 191 Å². The van der Waals surface area contributed by atoms with E-state index in [1.54, 1.807) is 13.8 Å². The molecule has 0 aromatic heterocycles. The van der Waals surface area contributed by atoms with Crippen molar-refractivity contribution in [3.05, 3.63) is 0 Å². The summed E-state index contributed by atoms with van der Waals surface area (Å²) in [5.41, 5.74) is 0. The summed E-state index contributed by atoms with van der Waals surface area (Å²) < 4.78 is 46.1. The van der Waals surface area contributed by atoms with Crippen LogP contribution in [0.5, 0.6) is 0 Å². The fourth-order valence-electron chi connectivity index (χ4n) is 10.0. The number of carboxylic acid groups (broad SMARTS) is 2. The first-order valence-electron chi connectivity index (χ1n) is 30.3. The minimum atomic E-state index is -1.67. The van der Waals surface area contributed by atoms with Gasteiger partial charge >= 0.3 is 23.9 Å². The van der Waals surface area contributed by atoms with E-state index in [1.807, 2.05) is 0 Å². The number of aliphatic hydroxyl groups excluding tert-OH is 8. The lowest BCUT2D eigenvalue weighted by molar-refractivity contribution is -0.366. The Morgan fingerprint density at radius 3 is 1.02 bits per heavy atom. The second-order valence-electron chi connectivity index (χ2n) is 22.3. The van der Waals surface area contributed by atoms with Crippen molar-refractivity contribution in [3.8, 4) is 0 Å². The maximum atomic E-state index is 13.1. The van der Waals surface area contributed by atoms with E-state index in [-0.39, 0.29) is 25.7 Å². The fraction of sp³-hybridized carbons (Fsp3) is 0.931. The van der Waals surface area contributed by atoms with Crippen LogP contribution in [0.3, 0.4) is 0 Å². The molecule has 3 aliphatic heterocycles. The van der Waals surface area contributed by atoms with Gasteiger partial charge in [0.25, 0.3) is 0 Å². The molecule has 0 aromatic rings. The molecule has 3 fully saturated rings. The zero-order valence-corrected chi connectivity index (χ0v) is 49.1. The highest BCUT2D eigenvalue weighted by Gasteiger charge is 2.50. The number of hydrogen-bond donors (Lipinski definition) is 10. The monoisotopic (exact) mass is 1150 g/mol. The van der Waals surface area contributed by atoms with Crippen molar-refractivity contribution in [2.75, 3.05) is 0 Å². The van der Waals surface area contributed by atoms with Gasteiger partial charge in [0.1, 0.15) is 67.1 Å². The van der Waals surface area contributed by atoms with Crippen LogP contribution in [0.15, 0.2) is 0 Å². The minimum Gasteiger partial charge on any atom is -0.481 e. The normalized spacial score (nSPS) is 30.3. The van der Waals surface area contributed by atoms with Gasteiger partial charge in [0, 0.05) is 0 Å². The van der Waals surface area contributed by atoms with Gasteiger partial charge in [0.2, 0.25) is 0 Å². The number of esters is 2. The molecule has 0 bridgehead atoms. The number of hydrogen-bond acceptors (Lipinski definition) is 20. The highest BCUT2D eigenvalue weighted by Crippen LogP contribution is 2.32. The van der Waals surface area contributed by atoms with Crippen LogP contribution in [0.25, 0.3) is 0 Å². The largest absolute Gasteiger partial charge is 0.481 e. The summed E-state index contributed by atoms with van der Waals surface area (Å²) >= 11 is 0. The first-order valence-corrected chi connectivity index (χ1v) is 30.3. The van der Waals surface area contributed by atoms with Crippen LogP contribution in [0.1, 0.15) is 228 Å². The molecule has 19 atom stereocenters. The molecule has 4 unspecified atom stereocenters. The number of carbonyl (C=O) groups excluding carboxylic acids is 2. The molecule has 0 aliphatic carbocycles. The van der Waals surface area contributed by atoms with Crippen molar-refractivity contribution >= 4 is 23.9 Å². The van der Waals surface area contributed by atoms with E-state index < -0.39 is 140 Å². The molecule has 3 rings (SSSR count). The smallest absolute Gasteiger partial charge is 0.308 e. The van der Waals surface area contributed by atoms with Crippen molar-refractivity contribution in [3.63, 3.8) is 0 Å². The molecule has 0 aromatic carbocycles. The van der Waals surface area contributed by atoms with Crippen molar-refractivity contribution in [2.24, 2.45) is 0 Å². The third kappa shape index (κ3) is 28.3. The molecule has 0 saturated carbocycles. The summed E-state index contributed by atoms with van der Waals surface area (Å²) in [6, 6.07) is 0. The predicted octanol–water partition coefficient (Wildman–Crippen LogP) is 6.25. The molecule has 22 nitrogen and oxygen atoms in total. The molecule has 0 radical (unpaired) electrons. The van der Waals surface area contributed by atoms with Crippen molar-refractivity contribution in [1.82, 2.24) is 0 Å². The van der Waals surface area contributed by atoms with Gasteiger partial charge < -0.3 is 89.0 Å². The summed E-state index contributed by atoms with van der Waals surface area (Å²) in [7, 11) is 0. The number of carbonyl (C=O) groups is 4. The number of aliphatic carboxylic acids is 2. The van der Waals surface area contributed by atoms with Gasteiger partial charge in [-0.1, -0.05) is 143 Å². The van der Waals surface area contributed by atoms with Crippen LogP contribution < -0.4 is 0 Å². The minimum absolute atomic E-state index is 0.112. The summed E-state index contributed by atoms with van der Waals surface area (Å²) in [4.78, 5) is 48.6. The zero-order chi connectivity index (χ0) is 59.7. The number of unbranched alkanes of at least 4 members (excludes halogenated alkanes) is 16. The number of ether oxygens (including phenoxy) is 8. The van der Waals surface area contributed by atoms with E-state index in [1.165, 1.54) is 6.92 Å². The summed E-state index contributed by atoms with van der Waals surface area (Å²) in [6.07, 6.45) is -1.64. The Morgan fingerprint density at radius 2 is 0.662 bits per heavy atom. The zero-order valence-electron chi connectivity index (χ0n) is 49.1. The lowest BCUT2D eigenvalue weighted by Crippen LogP contribution is -2.63. The maximum absolute atomic E-state index is 13.1. The van der Waals surface area contributed by atoms with Gasteiger partial charge in [-0.25, -0.2) is 0 Å². The van der Waals surface area contributed by atoms with Gasteiger partial charge in [-0.2, -0.15) is 0 Å². The number of carboxylic acids is 2. The van der Waals surface area contributed by atoms with Crippen molar-refractivity contribution < 1.29 is 108 Å². The molecule has 10 N–H and O–H groups in total. The first kappa shape index (κ1) is 73.4.